The first kappa shape index (κ1) is 44.4. The fourth-order valence-corrected chi connectivity index (χ4v) is 10.2. The van der Waals surface area contributed by atoms with E-state index in [1.165, 1.54) is 16.7 Å². The van der Waals surface area contributed by atoms with Crippen LogP contribution in [0.15, 0.2) is 231 Å². The molecule has 0 amide bonds. The SMILES string of the molecule is Cc1cccc(C(C)C)c1-c1ccnc(-n2c3[c-]c(N(c4[c-]c(-n5[cH+]n(-c6ccccc6)c6ccccc65)ccc4)c4c(-c5ccccc5)cccc4-c4ccccc4)ccc3c3ccccc32)c1.[Pt]. The molecule has 6 heteroatoms. The number of fused-ring (bicyclic) bond motifs is 4. The average Bonchev–Trinajstić information content (AvgIpc) is 3.96. The van der Waals surface area contributed by atoms with E-state index in [9.17, 15) is 0 Å². The van der Waals surface area contributed by atoms with E-state index in [-0.39, 0.29) is 21.1 Å². The Morgan fingerprint density at radius 3 is 1.81 bits per heavy atom. The predicted octanol–water partition coefficient (Wildman–Crippen LogP) is 16.7. The number of benzene rings is 9. The van der Waals surface area contributed by atoms with Crippen LogP contribution in [-0.2, 0) is 21.1 Å². The molecule has 0 saturated carbocycles. The molecule has 0 fully saturated rings. The monoisotopic (exact) mass is 1080 g/mol. The van der Waals surface area contributed by atoms with Gasteiger partial charge in [-0.2, -0.15) is 16.7 Å². The standard InChI is InChI=1S/C64H48N5.Pt/c1-44(2)53-30-17-20-45(3)63(53)48-38-39-65-62(40-48)69-58-33-14-13-29-56(58)57-37-36-52(42-61(57)69)68(64-54(46-21-7-4-8-22-46)31-19-32-55(64)47-23-9-5-10-24-47)51-28-18-27-50(41-51)67-43-66(49-25-11-6-12-26-49)59-34-15-16-35-60(59)67;/h4-40,43-44H,1-3H3;/q-1;. The van der Waals surface area contributed by atoms with Crippen LogP contribution in [-0.4, -0.2) is 18.7 Å². The van der Waals surface area contributed by atoms with Gasteiger partial charge in [-0.15, -0.1) is 29.7 Å². The molecular formula is C64H48N5Pt-. The first-order valence-corrected chi connectivity index (χ1v) is 23.7. The summed E-state index contributed by atoms with van der Waals surface area (Å²) in [6.45, 7) is 6.74. The number of rotatable bonds is 10. The van der Waals surface area contributed by atoms with Gasteiger partial charge < -0.3 is 9.47 Å². The number of nitrogens with zero attached hydrogens (tertiary/aromatic N) is 5. The molecular weight excluding hydrogens is 1030 g/mol. The summed E-state index contributed by atoms with van der Waals surface area (Å²) >= 11 is 0. The minimum atomic E-state index is 0. The molecule has 0 aliphatic carbocycles. The summed E-state index contributed by atoms with van der Waals surface area (Å²) in [4.78, 5) is 7.48. The zero-order valence-corrected chi connectivity index (χ0v) is 41.3. The van der Waals surface area contributed by atoms with E-state index in [0.29, 0.717) is 5.92 Å². The fraction of sp³-hybridized carbons (Fsp3) is 0.0625. The van der Waals surface area contributed by atoms with E-state index >= 15 is 0 Å². The first-order chi connectivity index (χ1) is 34.0. The van der Waals surface area contributed by atoms with Gasteiger partial charge in [0.25, 0.3) is 0 Å². The Hall–Kier alpha value is -8.11. The summed E-state index contributed by atoms with van der Waals surface area (Å²) in [6, 6.07) is 85.8. The normalized spacial score (nSPS) is 11.4. The van der Waals surface area contributed by atoms with Gasteiger partial charge in [-0.3, -0.25) is 0 Å². The third kappa shape index (κ3) is 7.83. The van der Waals surface area contributed by atoms with Crippen molar-refractivity contribution in [1.29, 1.82) is 0 Å². The van der Waals surface area contributed by atoms with Gasteiger partial charge in [0.05, 0.1) is 5.69 Å². The Labute approximate surface area is 423 Å². The number of para-hydroxylation sites is 5. The summed E-state index contributed by atoms with van der Waals surface area (Å²) in [5.74, 6) is 1.20. The van der Waals surface area contributed by atoms with Crippen LogP contribution >= 0.6 is 0 Å². The molecule has 0 spiro atoms. The molecule has 0 saturated heterocycles. The smallest absolute Gasteiger partial charge is 0.168 e. The Morgan fingerprint density at radius 2 is 1.11 bits per heavy atom. The van der Waals surface area contributed by atoms with Gasteiger partial charge in [-0.05, 0) is 81.9 Å². The predicted molar refractivity (Wildman–Crippen MR) is 287 cm³/mol. The molecule has 12 rings (SSSR count). The maximum atomic E-state index is 5.12. The number of hydrogen-bond donors (Lipinski definition) is 0. The third-order valence-corrected chi connectivity index (χ3v) is 13.4. The van der Waals surface area contributed by atoms with Crippen molar-refractivity contribution >= 4 is 49.9 Å². The van der Waals surface area contributed by atoms with Crippen molar-refractivity contribution in [3.05, 3.63) is 254 Å². The van der Waals surface area contributed by atoms with Crippen molar-refractivity contribution in [2.75, 3.05) is 4.90 Å². The summed E-state index contributed by atoms with van der Waals surface area (Å²) in [5.41, 5.74) is 18.3. The number of aromatic nitrogens is 4. The molecule has 0 radical (unpaired) electrons. The zero-order valence-electron chi connectivity index (χ0n) is 39.1. The maximum absolute atomic E-state index is 5.12. The second-order valence-electron chi connectivity index (χ2n) is 17.9. The van der Waals surface area contributed by atoms with Crippen molar-refractivity contribution in [1.82, 2.24) is 18.7 Å². The third-order valence-electron chi connectivity index (χ3n) is 13.4. The summed E-state index contributed by atoms with van der Waals surface area (Å²) in [6.07, 6.45) is 4.12. The largest absolute Gasteiger partial charge is 0.357 e. The zero-order chi connectivity index (χ0) is 46.4. The quantitative estimate of drug-likeness (QED) is 0.128. The maximum Gasteiger partial charge on any atom is 0.168 e. The van der Waals surface area contributed by atoms with Gasteiger partial charge in [-0.1, -0.05) is 182 Å². The Bertz CT molecular complexity index is 3780. The number of imidazole rings is 1. The average molecular weight is 1080 g/mol. The van der Waals surface area contributed by atoms with E-state index in [0.717, 1.165) is 94.9 Å². The van der Waals surface area contributed by atoms with E-state index in [1.54, 1.807) is 0 Å². The molecule has 0 N–H and O–H groups in total. The van der Waals surface area contributed by atoms with Crippen molar-refractivity contribution < 1.29 is 21.1 Å². The Kier molecular flexibility index (Phi) is 11.9. The second kappa shape index (κ2) is 18.8. The molecule has 3 aromatic heterocycles. The number of pyridine rings is 1. The van der Waals surface area contributed by atoms with Crippen molar-refractivity contribution in [3.8, 4) is 50.6 Å². The van der Waals surface area contributed by atoms with Gasteiger partial charge in [0.2, 0.25) is 0 Å². The van der Waals surface area contributed by atoms with Gasteiger partial charge >= 0.3 is 0 Å². The van der Waals surface area contributed by atoms with E-state index in [2.05, 4.69) is 276 Å². The van der Waals surface area contributed by atoms with Crippen molar-refractivity contribution in [2.45, 2.75) is 26.7 Å². The van der Waals surface area contributed by atoms with Gasteiger partial charge in [0.15, 0.2) is 17.4 Å². The first-order valence-electron chi connectivity index (χ1n) is 23.7. The van der Waals surface area contributed by atoms with E-state index in [4.69, 9.17) is 4.98 Å². The summed E-state index contributed by atoms with van der Waals surface area (Å²) in [7, 11) is 0. The molecule has 70 heavy (non-hydrogen) atoms. The van der Waals surface area contributed by atoms with E-state index < -0.39 is 0 Å². The van der Waals surface area contributed by atoms with Gasteiger partial charge in [0, 0.05) is 61.7 Å². The Morgan fingerprint density at radius 1 is 0.514 bits per heavy atom. The molecule has 0 bridgehead atoms. The van der Waals surface area contributed by atoms with Crippen molar-refractivity contribution in [2.24, 2.45) is 0 Å². The molecule has 0 atom stereocenters. The minimum absolute atomic E-state index is 0. The van der Waals surface area contributed by atoms with Crippen LogP contribution in [0, 0.1) is 19.1 Å². The molecule has 5 nitrogen and oxygen atoms in total. The summed E-state index contributed by atoms with van der Waals surface area (Å²) in [5, 5.41) is 2.24. The molecule has 0 aliphatic heterocycles. The molecule has 3 heterocycles. The number of aryl methyl sites for hydroxylation is 1. The van der Waals surface area contributed by atoms with Crippen LogP contribution in [0.1, 0.15) is 30.9 Å². The Balaban J connectivity index is 0.00000533. The topological polar surface area (TPSA) is 30.9 Å². The number of anilines is 3. The molecule has 12 aromatic rings. The van der Waals surface area contributed by atoms with Crippen LogP contribution < -0.4 is 4.90 Å². The van der Waals surface area contributed by atoms with Crippen molar-refractivity contribution in [3.63, 3.8) is 0 Å². The molecule has 340 valence electrons. The van der Waals surface area contributed by atoms with Crippen LogP contribution in [0.2, 0.25) is 0 Å². The fourth-order valence-electron chi connectivity index (χ4n) is 10.2. The number of hydrogen-bond acceptors (Lipinski definition) is 2. The summed E-state index contributed by atoms with van der Waals surface area (Å²) < 4.78 is 6.78. The molecule has 0 unspecified atom stereocenters. The minimum Gasteiger partial charge on any atom is -0.357 e. The van der Waals surface area contributed by atoms with Gasteiger partial charge in [0.1, 0.15) is 11.5 Å². The van der Waals surface area contributed by atoms with Gasteiger partial charge in [-0.25, -0.2) is 9.55 Å². The van der Waals surface area contributed by atoms with Crippen LogP contribution in [0.25, 0.3) is 83.4 Å². The molecule has 9 aromatic carbocycles. The molecule has 0 aliphatic rings. The van der Waals surface area contributed by atoms with Crippen LogP contribution in [0.4, 0.5) is 17.1 Å². The van der Waals surface area contributed by atoms with Crippen LogP contribution in [0.3, 0.4) is 0 Å². The van der Waals surface area contributed by atoms with E-state index in [1.807, 2.05) is 6.20 Å². The van der Waals surface area contributed by atoms with Crippen LogP contribution in [0.5, 0.6) is 0 Å². The second-order valence-corrected chi connectivity index (χ2v) is 17.9.